The molecular weight excluding hydrogens is 344 g/mol. The van der Waals surface area contributed by atoms with Crippen LogP contribution in [-0.2, 0) is 10.3 Å². The van der Waals surface area contributed by atoms with Crippen molar-refractivity contribution in [3.05, 3.63) is 50.9 Å². The van der Waals surface area contributed by atoms with Crippen LogP contribution in [0.4, 0.5) is 0 Å². The van der Waals surface area contributed by atoms with Crippen LogP contribution in [0.25, 0.3) is 0 Å². The number of rotatable bonds is 6. The summed E-state index contributed by atoms with van der Waals surface area (Å²) >= 11 is 0. The highest BCUT2D eigenvalue weighted by molar-refractivity contribution is 5.52. The first-order chi connectivity index (χ1) is 12.6. The van der Waals surface area contributed by atoms with Crippen molar-refractivity contribution in [1.82, 2.24) is 0 Å². The number of allylic oxidation sites excluding steroid dienone is 2. The van der Waals surface area contributed by atoms with Gasteiger partial charge in [0.15, 0.2) is 5.43 Å². The number of ether oxygens (including phenoxy) is 1. The van der Waals surface area contributed by atoms with Gasteiger partial charge in [-0.25, -0.2) is 4.89 Å². The second-order valence-electron chi connectivity index (χ2n) is 8.41. The maximum atomic E-state index is 12.7. The fraction of sp³-hybridized carbons (Fsp3) is 0.591. The molecule has 0 amide bonds. The molecule has 1 fully saturated rings. The summed E-state index contributed by atoms with van der Waals surface area (Å²) in [6.07, 6.45) is 2.50. The minimum Gasteiger partial charge on any atom is -0.468 e. The van der Waals surface area contributed by atoms with Gasteiger partial charge in [-0.15, -0.1) is 0 Å². The fourth-order valence-corrected chi connectivity index (χ4v) is 5.52. The highest BCUT2D eigenvalue weighted by Crippen LogP contribution is 2.78. The molecular formula is C22H30O5. The molecule has 3 rings (SSSR count). The Labute approximate surface area is 160 Å². The minimum atomic E-state index is -0.411. The van der Waals surface area contributed by atoms with Crippen molar-refractivity contribution in [2.45, 2.75) is 59.5 Å². The first-order valence-corrected chi connectivity index (χ1v) is 9.47. The van der Waals surface area contributed by atoms with Crippen LogP contribution in [0.2, 0.25) is 0 Å². The molecule has 0 bridgehead atoms. The molecule has 1 aromatic heterocycles. The third kappa shape index (κ3) is 2.41. The van der Waals surface area contributed by atoms with Gasteiger partial charge < -0.3 is 9.15 Å². The first-order valence-electron chi connectivity index (χ1n) is 9.47. The lowest BCUT2D eigenvalue weighted by Crippen LogP contribution is -2.26. The molecule has 148 valence electrons. The Morgan fingerprint density at radius 2 is 1.96 bits per heavy atom. The van der Waals surface area contributed by atoms with E-state index in [9.17, 15) is 10.1 Å². The molecule has 0 aromatic carbocycles. The molecule has 1 N–H and O–H groups in total. The maximum absolute atomic E-state index is 12.7. The Morgan fingerprint density at radius 3 is 2.48 bits per heavy atom. The van der Waals surface area contributed by atoms with E-state index in [1.54, 1.807) is 6.92 Å². The summed E-state index contributed by atoms with van der Waals surface area (Å²) in [6, 6.07) is 0. The van der Waals surface area contributed by atoms with Gasteiger partial charge in [-0.3, -0.25) is 10.1 Å². The number of fused-ring (bicyclic) bond motifs is 1. The van der Waals surface area contributed by atoms with Gasteiger partial charge >= 0.3 is 0 Å². The lowest BCUT2D eigenvalue weighted by molar-refractivity contribution is -0.270. The Bertz CT molecular complexity index is 875. The monoisotopic (exact) mass is 374 g/mol. The maximum Gasteiger partial charge on any atom is 0.291 e. The van der Waals surface area contributed by atoms with Gasteiger partial charge in [0.2, 0.25) is 0 Å². The molecule has 2 aliphatic rings. The van der Waals surface area contributed by atoms with E-state index < -0.39 is 6.10 Å². The van der Waals surface area contributed by atoms with E-state index in [-0.39, 0.29) is 34.0 Å². The second kappa shape index (κ2) is 6.35. The molecule has 5 unspecified atom stereocenters. The molecule has 2 aliphatic carbocycles. The van der Waals surface area contributed by atoms with Crippen LogP contribution in [0.3, 0.4) is 0 Å². The highest BCUT2D eigenvalue weighted by atomic mass is 17.1. The molecule has 5 heteroatoms. The van der Waals surface area contributed by atoms with E-state index in [0.29, 0.717) is 23.3 Å². The molecule has 0 saturated heterocycles. The normalized spacial score (nSPS) is 32.7. The standard InChI is InChI=1S/C22H30O5/c1-9-15(27-24)12(3)16-11(2)10-21(6)18(16)22(21,7)19-13(4)17(23)14(5)20(25-8)26-19/h10,15-16,18,24H,3,9H2,1-2,4-8H3. The second-order valence-corrected chi connectivity index (χ2v) is 8.41. The van der Waals surface area contributed by atoms with Gasteiger partial charge in [-0.1, -0.05) is 39.0 Å². The SMILES string of the molecule is C=C(C(CC)OO)C1C(C)=CC2(C)C1C2(C)c1oc(OC)c(C)c(=O)c1C. The number of hydrogen-bond acceptors (Lipinski definition) is 5. The van der Waals surface area contributed by atoms with E-state index in [1.807, 2.05) is 13.8 Å². The van der Waals surface area contributed by atoms with Crippen molar-refractivity contribution in [2.75, 3.05) is 7.11 Å². The molecule has 0 spiro atoms. The Balaban J connectivity index is 2.11. The van der Waals surface area contributed by atoms with Crippen molar-refractivity contribution in [1.29, 1.82) is 0 Å². The van der Waals surface area contributed by atoms with E-state index in [4.69, 9.17) is 9.15 Å². The van der Waals surface area contributed by atoms with Crippen molar-refractivity contribution in [3.8, 4) is 5.95 Å². The summed E-state index contributed by atoms with van der Waals surface area (Å²) in [6.45, 7) is 16.2. The largest absolute Gasteiger partial charge is 0.468 e. The van der Waals surface area contributed by atoms with Gasteiger partial charge in [0.1, 0.15) is 11.9 Å². The molecule has 0 radical (unpaired) electrons. The van der Waals surface area contributed by atoms with Crippen molar-refractivity contribution < 1.29 is 19.3 Å². The highest BCUT2D eigenvalue weighted by Gasteiger charge is 2.77. The Morgan fingerprint density at radius 1 is 1.33 bits per heavy atom. The van der Waals surface area contributed by atoms with Gasteiger partial charge in [0, 0.05) is 22.3 Å². The topological polar surface area (TPSA) is 68.9 Å². The van der Waals surface area contributed by atoms with E-state index in [1.165, 1.54) is 12.7 Å². The van der Waals surface area contributed by atoms with Crippen LogP contribution in [0.5, 0.6) is 5.95 Å². The summed E-state index contributed by atoms with van der Waals surface area (Å²) in [5.74, 6) is 1.21. The zero-order valence-corrected chi connectivity index (χ0v) is 17.3. The van der Waals surface area contributed by atoms with Gasteiger partial charge in [0.25, 0.3) is 5.95 Å². The van der Waals surface area contributed by atoms with E-state index in [2.05, 4.69) is 38.3 Å². The van der Waals surface area contributed by atoms with E-state index >= 15 is 0 Å². The molecule has 1 saturated carbocycles. The average molecular weight is 374 g/mol. The Kier molecular flexibility index (Phi) is 4.68. The molecule has 27 heavy (non-hydrogen) atoms. The zero-order valence-electron chi connectivity index (χ0n) is 17.3. The van der Waals surface area contributed by atoms with Crippen LogP contribution < -0.4 is 10.2 Å². The van der Waals surface area contributed by atoms with E-state index in [0.717, 1.165) is 5.57 Å². The summed E-state index contributed by atoms with van der Waals surface area (Å²) in [7, 11) is 1.52. The number of methoxy groups -OCH3 is 1. The predicted octanol–water partition coefficient (Wildman–Crippen LogP) is 4.56. The summed E-state index contributed by atoms with van der Waals surface area (Å²) in [5, 5.41) is 9.28. The van der Waals surface area contributed by atoms with Crippen LogP contribution in [0.15, 0.2) is 33.0 Å². The molecule has 0 aliphatic heterocycles. The lowest BCUT2D eigenvalue weighted by atomic mass is 9.80. The van der Waals surface area contributed by atoms with Gasteiger partial charge in [0.05, 0.1) is 12.7 Å². The molecule has 5 nitrogen and oxygen atoms in total. The quantitative estimate of drug-likeness (QED) is 0.449. The van der Waals surface area contributed by atoms with Gasteiger partial charge in [-0.05, 0) is 38.7 Å². The average Bonchev–Trinajstić information content (AvgIpc) is 2.94. The van der Waals surface area contributed by atoms with Crippen LogP contribution in [-0.4, -0.2) is 18.5 Å². The summed E-state index contributed by atoms with van der Waals surface area (Å²) in [5.41, 5.74) is 2.67. The third-order valence-electron chi connectivity index (χ3n) is 7.15. The summed E-state index contributed by atoms with van der Waals surface area (Å²) < 4.78 is 11.4. The zero-order chi connectivity index (χ0) is 20.3. The van der Waals surface area contributed by atoms with Crippen LogP contribution >= 0.6 is 0 Å². The van der Waals surface area contributed by atoms with Crippen LogP contribution in [0, 0.1) is 31.1 Å². The van der Waals surface area contributed by atoms with Crippen molar-refractivity contribution in [3.63, 3.8) is 0 Å². The van der Waals surface area contributed by atoms with Crippen LogP contribution in [0.1, 0.15) is 51.0 Å². The fourth-order valence-electron chi connectivity index (χ4n) is 5.52. The Hall–Kier alpha value is -1.85. The number of hydrogen-bond donors (Lipinski definition) is 1. The van der Waals surface area contributed by atoms with Gasteiger partial charge in [-0.2, -0.15) is 0 Å². The minimum absolute atomic E-state index is 0.0379. The van der Waals surface area contributed by atoms with Crippen molar-refractivity contribution >= 4 is 0 Å². The molecule has 5 atom stereocenters. The predicted molar refractivity (Wildman–Crippen MR) is 104 cm³/mol. The first kappa shape index (κ1) is 19.9. The van der Waals surface area contributed by atoms with Crippen molar-refractivity contribution in [2.24, 2.45) is 17.3 Å². The third-order valence-corrected chi connectivity index (χ3v) is 7.15. The summed E-state index contributed by atoms with van der Waals surface area (Å²) in [4.78, 5) is 17.4. The molecule has 1 heterocycles. The lowest BCUT2D eigenvalue weighted by Gasteiger charge is -2.27. The smallest absolute Gasteiger partial charge is 0.291 e. The molecule has 1 aromatic rings.